The number of aliphatic carboxylic acids is 5. The summed E-state index contributed by atoms with van der Waals surface area (Å²) >= 11 is 0. The highest BCUT2D eigenvalue weighted by Gasteiger charge is 2.38. The standard InChI is InChI=1S/C39H50N5O19P.C2HF3O2/c1-3-20(2)34(38(57)43-26(39(58)59)12-17-33(52)53)44-36(55)25(11-16-32(50)51)41-35(54)24(10-15-31(48)49)42-37(56)27(18-21-4-8-23(9-5-21)63-64(60,61)62)40-30(47)14-7-22-6-13-28(45)29(46)19-22;3-2(4,5)1(6)7/h4-9,13-14,19-20,24-27,34,45-46H,3,10-12,15-18H2,1-2H3,(H,40,47)(H,41,54)(H,42,56)(H,43,57)(H,44,55)(H,48,49)(H,50,51)(H,52,53)(H,58,59)(H2,60,61,62);(H,6,7)/b14-7+;/t20?,24-,25-,26-,27-,34-;/m0./s1. The summed E-state index contributed by atoms with van der Waals surface area (Å²) in [4.78, 5) is 141. The summed E-state index contributed by atoms with van der Waals surface area (Å²) in [6.07, 6.45) is -6.90. The molecule has 6 atom stereocenters. The Labute approximate surface area is 399 Å². The minimum absolute atomic E-state index is 0.222. The van der Waals surface area contributed by atoms with E-state index >= 15 is 0 Å². The first-order chi connectivity index (χ1) is 32.8. The van der Waals surface area contributed by atoms with E-state index in [1.807, 2.05) is 0 Å². The van der Waals surface area contributed by atoms with Gasteiger partial charge in [0, 0.05) is 31.8 Å². The second kappa shape index (κ2) is 28.6. The molecule has 2 rings (SSSR count). The Hall–Kier alpha value is -7.78. The molecule has 0 saturated carbocycles. The molecule has 71 heavy (non-hydrogen) atoms. The van der Waals surface area contributed by atoms with Gasteiger partial charge in [-0.05, 0) is 66.6 Å². The lowest BCUT2D eigenvalue weighted by molar-refractivity contribution is -0.192. The van der Waals surface area contributed by atoms with E-state index < -0.39 is 160 Å². The van der Waals surface area contributed by atoms with Crippen molar-refractivity contribution in [2.75, 3.05) is 0 Å². The Balaban J connectivity index is 0.00000333. The van der Waals surface area contributed by atoms with Gasteiger partial charge in [-0.15, -0.1) is 0 Å². The van der Waals surface area contributed by atoms with Crippen molar-refractivity contribution in [3.8, 4) is 17.2 Å². The Morgan fingerprint density at radius 2 is 1.10 bits per heavy atom. The molecular formula is C41H51F3N5O21P. The molecule has 0 fully saturated rings. The molecule has 5 amide bonds. The van der Waals surface area contributed by atoms with Gasteiger partial charge in [-0.1, -0.05) is 38.5 Å². The van der Waals surface area contributed by atoms with Gasteiger partial charge in [0.25, 0.3) is 0 Å². The zero-order chi connectivity index (χ0) is 54.4. The molecule has 0 aliphatic rings. The topological polar surface area (TPSA) is 439 Å². The lowest BCUT2D eigenvalue weighted by atomic mass is 9.96. The zero-order valence-electron chi connectivity index (χ0n) is 37.3. The minimum Gasteiger partial charge on any atom is -0.504 e. The number of carbonyl (C=O) groups excluding carboxylic acids is 5. The monoisotopic (exact) mass is 1040 g/mol. The molecule has 30 heteroatoms. The van der Waals surface area contributed by atoms with Crippen LogP contribution in [0.1, 0.15) is 69.9 Å². The van der Waals surface area contributed by atoms with Crippen LogP contribution in [0, 0.1) is 5.92 Å². The minimum atomic E-state index is -5.08. The summed E-state index contributed by atoms with van der Waals surface area (Å²) in [6, 6.07) is 0.199. The number of carbonyl (C=O) groups is 10. The SMILES string of the molecule is CCC(C)[C@H](NC(=O)[C@H](CCC(=O)O)NC(=O)[C@H](CCC(=O)O)NC(=O)[C@H](Cc1ccc(OP(=O)(O)O)cc1)NC(=O)/C=C/c1ccc(O)c(O)c1)C(=O)N[C@@H](CCC(=O)O)C(=O)O.O=C(O)C(F)(F)F. The fraction of sp³-hybridized carbons (Fsp3) is 0.415. The predicted octanol–water partition coefficient (Wildman–Crippen LogP) is 0.608. The summed E-state index contributed by atoms with van der Waals surface area (Å²) < 4.78 is 47.5. The van der Waals surface area contributed by atoms with Crippen LogP contribution >= 0.6 is 7.82 Å². The van der Waals surface area contributed by atoms with Crippen LogP contribution < -0.4 is 31.1 Å². The van der Waals surface area contributed by atoms with Crippen LogP contribution in [-0.2, 0) is 58.9 Å². The van der Waals surface area contributed by atoms with E-state index in [9.17, 15) is 86.4 Å². The number of benzene rings is 2. The van der Waals surface area contributed by atoms with Crippen LogP contribution in [0.4, 0.5) is 13.2 Å². The van der Waals surface area contributed by atoms with Crippen molar-refractivity contribution in [1.29, 1.82) is 0 Å². The smallest absolute Gasteiger partial charge is 0.504 e. The number of phosphoric ester groups is 1. The summed E-state index contributed by atoms with van der Waals surface area (Å²) in [5, 5.41) is 75.4. The van der Waals surface area contributed by atoms with Crippen LogP contribution in [-0.4, -0.2) is 141 Å². The molecule has 0 saturated heterocycles. The highest BCUT2D eigenvalue weighted by molar-refractivity contribution is 7.46. The number of aromatic hydroxyl groups is 2. The molecule has 0 bridgehead atoms. The van der Waals surface area contributed by atoms with Crippen LogP contribution in [0.2, 0.25) is 0 Å². The molecule has 0 radical (unpaired) electrons. The number of carboxylic acid groups (broad SMARTS) is 5. The van der Waals surface area contributed by atoms with Gasteiger partial charge in [0.05, 0.1) is 0 Å². The molecule has 2 aromatic rings. The fourth-order valence-corrected chi connectivity index (χ4v) is 6.06. The molecule has 0 heterocycles. The van der Waals surface area contributed by atoms with Gasteiger partial charge in [0.2, 0.25) is 29.5 Å². The van der Waals surface area contributed by atoms with E-state index in [2.05, 4.69) is 31.1 Å². The Bertz CT molecular complexity index is 2330. The number of rotatable bonds is 27. The maximum atomic E-state index is 13.9. The lowest BCUT2D eigenvalue weighted by Crippen LogP contribution is -2.60. The summed E-state index contributed by atoms with van der Waals surface area (Å²) in [7, 11) is -4.95. The maximum Gasteiger partial charge on any atom is 0.524 e. The quantitative estimate of drug-likeness (QED) is 0.0331. The second-order valence-electron chi connectivity index (χ2n) is 15.1. The van der Waals surface area contributed by atoms with Gasteiger partial charge in [0.1, 0.15) is 36.0 Å². The van der Waals surface area contributed by atoms with Crippen molar-refractivity contribution >= 4 is 73.3 Å². The number of phenols is 2. The average molecular weight is 1040 g/mol. The van der Waals surface area contributed by atoms with E-state index in [-0.39, 0.29) is 29.7 Å². The highest BCUT2D eigenvalue weighted by atomic mass is 31.2. The van der Waals surface area contributed by atoms with Crippen molar-refractivity contribution in [1.82, 2.24) is 26.6 Å². The van der Waals surface area contributed by atoms with E-state index in [4.69, 9.17) is 24.8 Å². The molecule has 0 spiro atoms. The van der Waals surface area contributed by atoms with Gasteiger partial charge >= 0.3 is 43.8 Å². The Morgan fingerprint density at radius 3 is 1.52 bits per heavy atom. The molecular weight excluding hydrogens is 986 g/mol. The third kappa shape index (κ3) is 24.4. The first-order valence-corrected chi connectivity index (χ1v) is 22.1. The van der Waals surface area contributed by atoms with Crippen molar-refractivity contribution < 1.29 is 116 Å². The number of hydrogen-bond donors (Lipinski definition) is 14. The Kier molecular flexibility index (Phi) is 24.7. The van der Waals surface area contributed by atoms with Gasteiger partial charge in [-0.25, -0.2) is 14.2 Å². The number of alkyl halides is 3. The predicted molar refractivity (Wildman–Crippen MR) is 233 cm³/mol. The van der Waals surface area contributed by atoms with Crippen LogP contribution in [0.3, 0.4) is 0 Å². The van der Waals surface area contributed by atoms with Gasteiger partial charge in [-0.2, -0.15) is 13.2 Å². The first-order valence-electron chi connectivity index (χ1n) is 20.6. The number of phosphoric acid groups is 1. The third-order valence-electron chi connectivity index (χ3n) is 9.50. The van der Waals surface area contributed by atoms with Gasteiger partial charge < -0.3 is 66.9 Å². The molecule has 1 unspecified atom stereocenters. The van der Waals surface area contributed by atoms with E-state index in [1.165, 1.54) is 31.2 Å². The van der Waals surface area contributed by atoms with Crippen LogP contribution in [0.15, 0.2) is 48.5 Å². The molecule has 0 aliphatic carbocycles. The molecule has 0 aromatic heterocycles. The zero-order valence-corrected chi connectivity index (χ0v) is 38.2. The van der Waals surface area contributed by atoms with Crippen LogP contribution in [0.5, 0.6) is 17.2 Å². The van der Waals surface area contributed by atoms with Gasteiger partial charge in [-0.3, -0.25) is 48.1 Å². The molecule has 26 nitrogen and oxygen atoms in total. The number of nitrogens with one attached hydrogen (secondary N) is 5. The van der Waals surface area contributed by atoms with E-state index in [0.717, 1.165) is 30.3 Å². The maximum absolute atomic E-state index is 13.9. The van der Waals surface area contributed by atoms with Crippen molar-refractivity contribution in [2.45, 2.75) is 102 Å². The molecule has 14 N–H and O–H groups in total. The fourth-order valence-electron chi connectivity index (χ4n) is 5.66. The number of phenolic OH excluding ortho intramolecular Hbond substituents is 2. The van der Waals surface area contributed by atoms with E-state index in [1.54, 1.807) is 6.92 Å². The van der Waals surface area contributed by atoms with Crippen LogP contribution in [0.25, 0.3) is 6.08 Å². The van der Waals surface area contributed by atoms with Crippen molar-refractivity contribution in [2.24, 2.45) is 5.92 Å². The highest BCUT2D eigenvalue weighted by Crippen LogP contribution is 2.37. The summed E-state index contributed by atoms with van der Waals surface area (Å²) in [6.45, 7) is 3.13. The average Bonchev–Trinajstić information content (AvgIpc) is 3.26. The van der Waals surface area contributed by atoms with Crippen molar-refractivity contribution in [3.05, 3.63) is 59.7 Å². The normalized spacial score (nSPS) is 13.8. The molecule has 392 valence electrons. The number of carboxylic acids is 5. The molecule has 2 aromatic carbocycles. The van der Waals surface area contributed by atoms with Gasteiger partial charge in [0.15, 0.2) is 11.5 Å². The molecule has 0 aliphatic heterocycles. The number of halogens is 3. The first kappa shape index (κ1) is 61.2. The van der Waals surface area contributed by atoms with Crippen molar-refractivity contribution in [3.63, 3.8) is 0 Å². The second-order valence-corrected chi connectivity index (χ2v) is 16.2. The largest absolute Gasteiger partial charge is 0.524 e. The van der Waals surface area contributed by atoms with E-state index in [0.29, 0.717) is 0 Å². The summed E-state index contributed by atoms with van der Waals surface area (Å²) in [5.41, 5.74) is 0.509. The number of hydrogen-bond acceptors (Lipinski definition) is 14. The summed E-state index contributed by atoms with van der Waals surface area (Å²) in [5.74, 6) is -15.8. The third-order valence-corrected chi connectivity index (χ3v) is 9.95. The number of amides is 5. The lowest BCUT2D eigenvalue weighted by Gasteiger charge is -2.28. The Morgan fingerprint density at radius 1 is 0.648 bits per heavy atom.